The maximum atomic E-state index is 12.7. The Kier molecular flexibility index (Phi) is 11.2. The van der Waals surface area contributed by atoms with Gasteiger partial charge in [-0.3, -0.25) is 19.2 Å². The van der Waals surface area contributed by atoms with Gasteiger partial charge in [-0.2, -0.15) is 0 Å². The summed E-state index contributed by atoms with van der Waals surface area (Å²) in [5.74, 6) is -5.75. The second kappa shape index (κ2) is 14.3. The summed E-state index contributed by atoms with van der Waals surface area (Å²) in [6, 6.07) is 8.51. The Morgan fingerprint density at radius 2 is 1.24 bits per heavy atom. The molecule has 13 heteroatoms. The van der Waals surface area contributed by atoms with Crippen LogP contribution in [0.5, 0.6) is 5.75 Å². The highest BCUT2D eigenvalue weighted by Gasteiger charge is 2.31. The molecule has 4 unspecified atom stereocenters. The molecule has 2 rings (SSSR count). The number of aromatic hydroxyl groups is 1. The van der Waals surface area contributed by atoms with Gasteiger partial charge in [-0.25, -0.2) is 4.79 Å². The van der Waals surface area contributed by atoms with Crippen molar-refractivity contribution in [2.45, 2.75) is 43.4 Å². The predicted octanol–water partition coefficient (Wildman–Crippen LogP) is -1.49. The standard InChI is InChI=1S/C25H30N4O9/c26-17(10-15-6-8-16(31)9-7-15)22(34)29-20(13-30)24(36)27-18(12-21(32)33)23(35)28-19(25(37)38)11-14-4-2-1-3-5-14/h1-9,17-20,30-31H,10-13,26H2,(H,27,36)(H,28,35)(H,29,34)(H,32,33)(H,37,38). The molecule has 2 aromatic carbocycles. The van der Waals surface area contributed by atoms with Gasteiger partial charge in [0.2, 0.25) is 17.7 Å². The van der Waals surface area contributed by atoms with Gasteiger partial charge in [-0.15, -0.1) is 0 Å². The lowest BCUT2D eigenvalue weighted by Crippen LogP contribution is -2.58. The van der Waals surface area contributed by atoms with Gasteiger partial charge in [-0.05, 0) is 29.7 Å². The molecule has 13 nitrogen and oxygen atoms in total. The number of amides is 3. The number of aliphatic carboxylic acids is 2. The summed E-state index contributed by atoms with van der Waals surface area (Å²) < 4.78 is 0. The third-order valence-electron chi connectivity index (χ3n) is 5.45. The van der Waals surface area contributed by atoms with E-state index in [-0.39, 0.29) is 18.6 Å². The van der Waals surface area contributed by atoms with Gasteiger partial charge in [0, 0.05) is 6.42 Å². The summed E-state index contributed by atoms with van der Waals surface area (Å²) >= 11 is 0. The van der Waals surface area contributed by atoms with Crippen molar-refractivity contribution >= 4 is 29.7 Å². The molecule has 0 spiro atoms. The second-order valence-electron chi connectivity index (χ2n) is 8.47. The summed E-state index contributed by atoms with van der Waals surface area (Å²) in [7, 11) is 0. The number of carbonyl (C=O) groups is 5. The largest absolute Gasteiger partial charge is 0.508 e. The van der Waals surface area contributed by atoms with E-state index in [1.165, 1.54) is 12.1 Å². The van der Waals surface area contributed by atoms with Crippen molar-refractivity contribution in [2.24, 2.45) is 5.73 Å². The number of nitrogens with one attached hydrogen (secondary N) is 3. The van der Waals surface area contributed by atoms with Crippen molar-refractivity contribution in [3.05, 3.63) is 65.7 Å². The molecule has 2 aromatic rings. The fourth-order valence-electron chi connectivity index (χ4n) is 3.43. The average Bonchev–Trinajstić information content (AvgIpc) is 2.87. The van der Waals surface area contributed by atoms with Gasteiger partial charge in [0.1, 0.15) is 23.9 Å². The Hall–Kier alpha value is -4.49. The predicted molar refractivity (Wildman–Crippen MR) is 133 cm³/mol. The van der Waals surface area contributed by atoms with E-state index in [9.17, 15) is 44.4 Å². The van der Waals surface area contributed by atoms with Crippen LogP contribution in [-0.2, 0) is 36.8 Å². The van der Waals surface area contributed by atoms with Crippen molar-refractivity contribution in [1.82, 2.24) is 16.0 Å². The molecular weight excluding hydrogens is 500 g/mol. The highest BCUT2D eigenvalue weighted by Crippen LogP contribution is 2.11. The van der Waals surface area contributed by atoms with Crippen LogP contribution in [0.15, 0.2) is 54.6 Å². The van der Waals surface area contributed by atoms with Gasteiger partial charge in [-0.1, -0.05) is 42.5 Å². The summed E-state index contributed by atoms with van der Waals surface area (Å²) in [4.78, 5) is 60.9. The van der Waals surface area contributed by atoms with Crippen LogP contribution in [0, 0.1) is 0 Å². The van der Waals surface area contributed by atoms with Gasteiger partial charge in [0.05, 0.1) is 19.1 Å². The van der Waals surface area contributed by atoms with Crippen LogP contribution in [0.3, 0.4) is 0 Å². The van der Waals surface area contributed by atoms with Gasteiger partial charge in [0.25, 0.3) is 0 Å². The Balaban J connectivity index is 2.04. The van der Waals surface area contributed by atoms with Crippen molar-refractivity contribution < 1.29 is 44.4 Å². The quantitative estimate of drug-likeness (QED) is 0.141. The maximum absolute atomic E-state index is 12.7. The van der Waals surface area contributed by atoms with Crippen LogP contribution in [0.1, 0.15) is 17.5 Å². The number of carboxylic acid groups (broad SMARTS) is 2. The summed E-state index contributed by atoms with van der Waals surface area (Å²) in [5, 5.41) is 44.3. The highest BCUT2D eigenvalue weighted by atomic mass is 16.4. The summed E-state index contributed by atoms with van der Waals surface area (Å²) in [6.45, 7) is -0.892. The first-order chi connectivity index (χ1) is 18.0. The molecule has 4 atom stereocenters. The van der Waals surface area contributed by atoms with Crippen molar-refractivity contribution in [3.8, 4) is 5.75 Å². The second-order valence-corrected chi connectivity index (χ2v) is 8.47. The van der Waals surface area contributed by atoms with E-state index < -0.39 is 66.9 Å². The fourth-order valence-corrected chi connectivity index (χ4v) is 3.43. The van der Waals surface area contributed by atoms with E-state index in [2.05, 4.69) is 16.0 Å². The lowest BCUT2D eigenvalue weighted by Gasteiger charge is -2.23. The van der Waals surface area contributed by atoms with E-state index in [0.717, 1.165) is 0 Å². The molecule has 3 amide bonds. The third kappa shape index (κ3) is 9.52. The zero-order valence-corrected chi connectivity index (χ0v) is 20.2. The first kappa shape index (κ1) is 29.7. The number of nitrogens with two attached hydrogens (primary N) is 1. The third-order valence-corrected chi connectivity index (χ3v) is 5.45. The SMILES string of the molecule is NC(Cc1ccc(O)cc1)C(=O)NC(CO)C(=O)NC(CC(=O)O)C(=O)NC(Cc1ccccc1)C(=O)O. The molecule has 0 fully saturated rings. The molecule has 9 N–H and O–H groups in total. The number of phenols is 1. The van der Waals surface area contributed by atoms with Gasteiger partial charge < -0.3 is 42.1 Å². The number of carbonyl (C=O) groups excluding carboxylic acids is 3. The smallest absolute Gasteiger partial charge is 0.326 e. The minimum atomic E-state index is -1.70. The van der Waals surface area contributed by atoms with Crippen molar-refractivity contribution in [2.75, 3.05) is 6.61 Å². The van der Waals surface area contributed by atoms with Gasteiger partial charge in [0.15, 0.2) is 0 Å². The zero-order valence-electron chi connectivity index (χ0n) is 20.2. The molecule has 0 aliphatic rings. The topological polar surface area (TPSA) is 228 Å². The van der Waals surface area contributed by atoms with Crippen LogP contribution < -0.4 is 21.7 Å². The Bertz CT molecular complexity index is 1130. The number of hydrogen-bond acceptors (Lipinski definition) is 8. The number of carboxylic acids is 2. The Morgan fingerprint density at radius 1 is 0.711 bits per heavy atom. The Morgan fingerprint density at radius 3 is 1.79 bits per heavy atom. The lowest BCUT2D eigenvalue weighted by atomic mass is 10.0. The van der Waals surface area contributed by atoms with Crippen LogP contribution in [0.2, 0.25) is 0 Å². The number of phenolic OH excluding ortho intramolecular Hbond substituents is 1. The molecular formula is C25H30N4O9. The van der Waals surface area contributed by atoms with Crippen LogP contribution >= 0.6 is 0 Å². The number of benzene rings is 2. The summed E-state index contributed by atoms with van der Waals surface area (Å²) in [5.41, 5.74) is 7.09. The first-order valence-corrected chi connectivity index (χ1v) is 11.5. The zero-order chi connectivity index (χ0) is 28.2. The molecule has 0 aromatic heterocycles. The molecule has 38 heavy (non-hydrogen) atoms. The van der Waals surface area contributed by atoms with Crippen molar-refractivity contribution in [1.29, 1.82) is 0 Å². The first-order valence-electron chi connectivity index (χ1n) is 11.5. The minimum absolute atomic E-state index is 0.0264. The van der Waals surface area contributed by atoms with Crippen LogP contribution in [0.25, 0.3) is 0 Å². The lowest BCUT2D eigenvalue weighted by molar-refractivity contribution is -0.143. The highest BCUT2D eigenvalue weighted by molar-refractivity contribution is 5.95. The van der Waals surface area contributed by atoms with E-state index in [1.54, 1.807) is 42.5 Å². The summed E-state index contributed by atoms with van der Waals surface area (Å²) in [6.07, 6.45) is -0.931. The van der Waals surface area contributed by atoms with E-state index >= 15 is 0 Å². The molecule has 0 saturated heterocycles. The number of rotatable bonds is 14. The maximum Gasteiger partial charge on any atom is 0.326 e. The average molecular weight is 531 g/mol. The molecule has 0 aliphatic heterocycles. The molecule has 0 saturated carbocycles. The number of aliphatic hydroxyl groups is 1. The molecule has 0 aliphatic carbocycles. The number of hydrogen-bond donors (Lipinski definition) is 8. The minimum Gasteiger partial charge on any atom is -0.508 e. The number of aliphatic hydroxyl groups excluding tert-OH is 1. The van der Waals surface area contributed by atoms with Crippen LogP contribution in [0.4, 0.5) is 0 Å². The van der Waals surface area contributed by atoms with Gasteiger partial charge >= 0.3 is 11.9 Å². The van der Waals surface area contributed by atoms with E-state index in [1.807, 2.05) is 0 Å². The molecule has 0 heterocycles. The molecule has 204 valence electrons. The molecule has 0 bridgehead atoms. The van der Waals surface area contributed by atoms with Crippen molar-refractivity contribution in [3.63, 3.8) is 0 Å². The Labute approximate surface area is 217 Å². The van der Waals surface area contributed by atoms with E-state index in [4.69, 9.17) is 5.73 Å². The van der Waals surface area contributed by atoms with E-state index in [0.29, 0.717) is 11.1 Å². The van der Waals surface area contributed by atoms with Crippen LogP contribution in [-0.4, -0.2) is 80.9 Å². The fraction of sp³-hybridized carbons (Fsp3) is 0.320. The normalized spacial score (nSPS) is 13.8. The molecule has 0 radical (unpaired) electrons. The monoisotopic (exact) mass is 530 g/mol.